The summed E-state index contributed by atoms with van der Waals surface area (Å²) in [6, 6.07) is 9.04. The molecule has 27 heavy (non-hydrogen) atoms. The smallest absolute Gasteiger partial charge is 0.252 e. The van der Waals surface area contributed by atoms with Crippen LogP contribution in [0.4, 0.5) is 0 Å². The van der Waals surface area contributed by atoms with E-state index in [9.17, 15) is 14.7 Å². The molecule has 2 amide bonds. The van der Waals surface area contributed by atoms with Gasteiger partial charge in [0.05, 0.1) is 12.6 Å². The predicted octanol–water partition coefficient (Wildman–Crippen LogP) is 1.74. The van der Waals surface area contributed by atoms with Crippen LogP contribution in [0.15, 0.2) is 30.3 Å². The fourth-order valence-electron chi connectivity index (χ4n) is 4.17. The zero-order valence-corrected chi connectivity index (χ0v) is 16.6. The summed E-state index contributed by atoms with van der Waals surface area (Å²) in [5, 5.41) is 17.0. The van der Waals surface area contributed by atoms with Crippen molar-refractivity contribution in [3.8, 4) is 0 Å². The maximum Gasteiger partial charge on any atom is 0.252 e. The van der Waals surface area contributed by atoms with Gasteiger partial charge in [-0.1, -0.05) is 57.5 Å². The normalized spacial score (nSPS) is 26.4. The number of nitrogens with two attached hydrogens (primary N) is 1. The summed E-state index contributed by atoms with van der Waals surface area (Å²) < 4.78 is 0. The van der Waals surface area contributed by atoms with Crippen LogP contribution in [0.5, 0.6) is 0 Å². The zero-order valence-electron chi connectivity index (χ0n) is 16.6. The first-order valence-electron chi connectivity index (χ1n) is 9.83. The van der Waals surface area contributed by atoms with Gasteiger partial charge in [0, 0.05) is 6.54 Å². The van der Waals surface area contributed by atoms with Crippen molar-refractivity contribution in [1.29, 1.82) is 0 Å². The van der Waals surface area contributed by atoms with E-state index in [4.69, 9.17) is 5.73 Å². The number of carbonyl (C=O) groups excluding carboxylic acids is 2. The van der Waals surface area contributed by atoms with Gasteiger partial charge in [-0.05, 0) is 36.2 Å². The first-order chi connectivity index (χ1) is 12.8. The van der Waals surface area contributed by atoms with Gasteiger partial charge in [0.25, 0.3) is 5.91 Å². The molecular formula is C21H33N3O3. The molecule has 0 radical (unpaired) electrons. The number of carbonyl (C=O) groups is 2. The average molecular weight is 376 g/mol. The van der Waals surface area contributed by atoms with Crippen LogP contribution in [0.2, 0.25) is 0 Å². The molecule has 1 aromatic rings. The Bertz CT molecular complexity index is 635. The van der Waals surface area contributed by atoms with Crippen molar-refractivity contribution in [2.24, 2.45) is 23.5 Å². The lowest BCUT2D eigenvalue weighted by Crippen LogP contribution is -2.57. The van der Waals surface area contributed by atoms with Crippen molar-refractivity contribution in [2.75, 3.05) is 13.1 Å². The van der Waals surface area contributed by atoms with E-state index in [0.29, 0.717) is 12.3 Å². The molecule has 0 saturated heterocycles. The maximum absolute atomic E-state index is 13.0. The van der Waals surface area contributed by atoms with Crippen molar-refractivity contribution in [3.63, 3.8) is 0 Å². The molecule has 6 nitrogen and oxygen atoms in total. The van der Waals surface area contributed by atoms with E-state index in [-0.39, 0.29) is 36.7 Å². The molecule has 1 fully saturated rings. The zero-order chi connectivity index (χ0) is 20.0. The van der Waals surface area contributed by atoms with Crippen LogP contribution in [0.3, 0.4) is 0 Å². The minimum atomic E-state index is -1.37. The van der Waals surface area contributed by atoms with Crippen LogP contribution in [0.1, 0.15) is 51.6 Å². The van der Waals surface area contributed by atoms with Crippen LogP contribution in [-0.2, 0) is 9.59 Å². The Labute approximate surface area is 161 Å². The summed E-state index contributed by atoms with van der Waals surface area (Å²) in [7, 11) is 0. The Morgan fingerprint density at radius 2 is 1.93 bits per heavy atom. The second-order valence-electron chi connectivity index (χ2n) is 8.11. The number of amides is 2. The molecule has 0 aliphatic heterocycles. The fraction of sp³-hybridized carbons (Fsp3) is 0.619. The van der Waals surface area contributed by atoms with Crippen molar-refractivity contribution in [1.82, 2.24) is 10.6 Å². The lowest BCUT2D eigenvalue weighted by atomic mass is 9.66. The number of rotatable bonds is 7. The number of hydrogen-bond acceptors (Lipinski definition) is 4. The van der Waals surface area contributed by atoms with Crippen LogP contribution < -0.4 is 16.4 Å². The van der Waals surface area contributed by atoms with Gasteiger partial charge >= 0.3 is 0 Å². The summed E-state index contributed by atoms with van der Waals surface area (Å²) >= 11 is 0. The highest BCUT2D eigenvalue weighted by molar-refractivity contribution is 5.85. The van der Waals surface area contributed by atoms with Crippen molar-refractivity contribution >= 4 is 11.8 Å². The van der Waals surface area contributed by atoms with Crippen molar-refractivity contribution in [2.45, 2.75) is 51.7 Å². The lowest BCUT2D eigenvalue weighted by molar-refractivity contribution is -0.156. The number of benzene rings is 1. The third kappa shape index (κ3) is 5.30. The monoisotopic (exact) mass is 375 g/mol. The number of nitrogens with one attached hydrogen (secondary N) is 2. The van der Waals surface area contributed by atoms with E-state index in [2.05, 4.69) is 17.6 Å². The number of aliphatic hydroxyl groups is 1. The van der Waals surface area contributed by atoms with Crippen molar-refractivity contribution in [3.05, 3.63) is 35.9 Å². The Morgan fingerprint density at radius 3 is 2.52 bits per heavy atom. The molecule has 0 spiro atoms. The highest BCUT2D eigenvalue weighted by Gasteiger charge is 2.48. The lowest BCUT2D eigenvalue weighted by Gasteiger charge is -2.43. The molecule has 0 aromatic heterocycles. The molecule has 6 heteroatoms. The molecule has 5 N–H and O–H groups in total. The third-order valence-corrected chi connectivity index (χ3v) is 5.63. The molecule has 2 rings (SSSR count). The summed E-state index contributed by atoms with van der Waals surface area (Å²) in [5.41, 5.74) is 4.93. The van der Waals surface area contributed by atoms with E-state index >= 15 is 0 Å². The Balaban J connectivity index is 2.12. The van der Waals surface area contributed by atoms with Gasteiger partial charge in [0.15, 0.2) is 0 Å². The summed E-state index contributed by atoms with van der Waals surface area (Å²) in [5.74, 6) is -0.186. The summed E-state index contributed by atoms with van der Waals surface area (Å²) in [6.07, 6.45) is 2.33. The second-order valence-corrected chi connectivity index (χ2v) is 8.11. The van der Waals surface area contributed by atoms with Crippen LogP contribution in [-0.4, -0.2) is 35.6 Å². The van der Waals surface area contributed by atoms with E-state index in [1.807, 2.05) is 44.2 Å². The van der Waals surface area contributed by atoms with Gasteiger partial charge in [-0.25, -0.2) is 0 Å². The van der Waals surface area contributed by atoms with Gasteiger partial charge in [0.1, 0.15) is 5.60 Å². The largest absolute Gasteiger partial charge is 0.380 e. The molecule has 0 unspecified atom stereocenters. The molecule has 1 aliphatic rings. The first-order valence-corrected chi connectivity index (χ1v) is 9.83. The van der Waals surface area contributed by atoms with Crippen LogP contribution in [0.25, 0.3) is 0 Å². The molecule has 1 saturated carbocycles. The van der Waals surface area contributed by atoms with E-state index in [0.717, 1.165) is 18.4 Å². The topological polar surface area (TPSA) is 104 Å². The molecule has 4 atom stereocenters. The minimum Gasteiger partial charge on any atom is -0.380 e. The van der Waals surface area contributed by atoms with Crippen molar-refractivity contribution < 1.29 is 14.7 Å². The van der Waals surface area contributed by atoms with Gasteiger partial charge < -0.3 is 21.5 Å². The average Bonchev–Trinajstić information content (AvgIpc) is 2.64. The van der Waals surface area contributed by atoms with E-state index in [1.165, 1.54) is 0 Å². The summed E-state index contributed by atoms with van der Waals surface area (Å²) in [4.78, 5) is 24.8. The van der Waals surface area contributed by atoms with Gasteiger partial charge in [-0.15, -0.1) is 0 Å². The van der Waals surface area contributed by atoms with Crippen LogP contribution >= 0.6 is 0 Å². The third-order valence-electron chi connectivity index (χ3n) is 5.63. The highest BCUT2D eigenvalue weighted by atomic mass is 16.3. The Kier molecular flexibility index (Phi) is 7.39. The molecule has 0 bridgehead atoms. The molecule has 1 aliphatic carbocycles. The molecule has 150 valence electrons. The fourth-order valence-corrected chi connectivity index (χ4v) is 4.17. The van der Waals surface area contributed by atoms with E-state index in [1.54, 1.807) is 0 Å². The maximum atomic E-state index is 13.0. The standard InChI is InChI=1S/C21H33N3O3/c1-14(2)17-10-9-15(3)11-21(17,27)20(26)23-13-18(24-19(25)12-22)16-7-5-4-6-8-16/h4-8,14-15,17-18,27H,9-13,22H2,1-3H3,(H,23,26)(H,24,25)/t15-,17+,18-,21+/m1/s1. The molecule has 1 aromatic carbocycles. The highest BCUT2D eigenvalue weighted by Crippen LogP contribution is 2.41. The SMILES string of the molecule is CC(C)[C@@H]1CC[C@@H](C)C[C@@]1(O)C(=O)NC[C@@H](NC(=O)CN)c1ccccc1. The van der Waals surface area contributed by atoms with E-state index < -0.39 is 11.6 Å². The first kappa shape index (κ1) is 21.4. The second kappa shape index (κ2) is 9.33. The Morgan fingerprint density at radius 1 is 1.26 bits per heavy atom. The van der Waals surface area contributed by atoms with Crippen LogP contribution in [0, 0.1) is 17.8 Å². The van der Waals surface area contributed by atoms with Gasteiger partial charge in [-0.3, -0.25) is 9.59 Å². The number of hydrogen-bond donors (Lipinski definition) is 4. The predicted molar refractivity (Wildman–Crippen MR) is 106 cm³/mol. The Hall–Kier alpha value is -1.92. The quantitative estimate of drug-likeness (QED) is 0.583. The minimum absolute atomic E-state index is 0.0671. The van der Waals surface area contributed by atoms with Gasteiger partial charge in [0.2, 0.25) is 5.91 Å². The molecular weight excluding hydrogens is 342 g/mol. The summed E-state index contributed by atoms with van der Waals surface area (Å²) in [6.45, 7) is 6.26. The van der Waals surface area contributed by atoms with Gasteiger partial charge in [-0.2, -0.15) is 0 Å². The molecule has 0 heterocycles.